The fourth-order valence-electron chi connectivity index (χ4n) is 3.16. The number of pyridine rings is 2. The maximum Gasteiger partial charge on any atom is 0.149 e. The summed E-state index contributed by atoms with van der Waals surface area (Å²) in [5.41, 5.74) is 2.62. The van der Waals surface area contributed by atoms with Gasteiger partial charge in [-0.15, -0.1) is 0 Å². The number of aromatic nitrogens is 2. The second-order valence-electron chi connectivity index (χ2n) is 7.44. The Balaban J connectivity index is 0.000000358. The molecule has 3 rings (SSSR count). The molecule has 176 valence electrons. The number of aliphatic hydroxyl groups excluding tert-OH is 1. The number of hydrogen-bond acceptors (Lipinski definition) is 4. The molecule has 2 aromatic heterocycles. The Morgan fingerprint density at radius 2 is 1.72 bits per heavy atom. The molecule has 0 aliphatic heterocycles. The zero-order chi connectivity index (χ0) is 23.6. The summed E-state index contributed by atoms with van der Waals surface area (Å²) in [4.78, 5) is 8.35. The fourth-order valence-corrected chi connectivity index (χ4v) is 3.27. The van der Waals surface area contributed by atoms with Crippen LogP contribution in [-0.2, 0) is 13.0 Å². The third-order valence-electron chi connectivity index (χ3n) is 4.82. The van der Waals surface area contributed by atoms with Crippen molar-refractivity contribution in [3.05, 3.63) is 70.9 Å². The van der Waals surface area contributed by atoms with E-state index in [0.717, 1.165) is 37.6 Å². The van der Waals surface area contributed by atoms with E-state index in [0.29, 0.717) is 17.2 Å². The fraction of sp³-hybridized carbons (Fsp3) is 0.462. The summed E-state index contributed by atoms with van der Waals surface area (Å²) >= 11 is 5.60. The van der Waals surface area contributed by atoms with Gasteiger partial charge in [0.15, 0.2) is 0 Å². The number of halogens is 2. The van der Waals surface area contributed by atoms with Crippen molar-refractivity contribution in [1.82, 2.24) is 15.3 Å². The third kappa shape index (κ3) is 11.0. The number of rotatable bonds is 10. The monoisotopic (exact) mass is 461 g/mol. The van der Waals surface area contributed by atoms with E-state index in [4.69, 9.17) is 16.7 Å². The lowest BCUT2D eigenvalue weighted by Gasteiger charge is -2.06. The van der Waals surface area contributed by atoms with Crippen LogP contribution in [0.15, 0.2) is 48.7 Å². The van der Waals surface area contributed by atoms with Crippen LogP contribution in [0.5, 0.6) is 0 Å². The summed E-state index contributed by atoms with van der Waals surface area (Å²) in [5, 5.41) is 11.8. The van der Waals surface area contributed by atoms with Crippen LogP contribution in [0.25, 0.3) is 10.9 Å². The number of para-hydroxylation sites is 1. The summed E-state index contributed by atoms with van der Waals surface area (Å²) in [6.07, 6.45) is 10.5. The summed E-state index contributed by atoms with van der Waals surface area (Å²) < 4.78 is 13.6. The highest BCUT2D eigenvalue weighted by molar-refractivity contribution is 6.29. The Hall–Kier alpha value is -2.08. The minimum absolute atomic E-state index is 0.246. The van der Waals surface area contributed by atoms with Gasteiger partial charge in [0.1, 0.15) is 16.5 Å². The van der Waals surface area contributed by atoms with E-state index < -0.39 is 0 Å². The van der Waals surface area contributed by atoms with Crippen molar-refractivity contribution in [3.8, 4) is 0 Å². The maximum atomic E-state index is 13.6. The van der Waals surface area contributed by atoms with Gasteiger partial charge >= 0.3 is 0 Å². The summed E-state index contributed by atoms with van der Waals surface area (Å²) in [5.74, 6) is -0.246. The number of benzene rings is 1. The van der Waals surface area contributed by atoms with E-state index in [9.17, 15) is 4.39 Å². The Labute approximate surface area is 197 Å². The van der Waals surface area contributed by atoms with Gasteiger partial charge in [-0.3, -0.25) is 0 Å². The molecule has 0 aliphatic rings. The standard InChI is InChI=1S/C17H23FN2.C8H10ClN.CH4O/c1-2-3-4-5-6-12-19-13-15-11-10-14-8-7-9-16(18)17(14)20-15;1-2-3-7-4-5-8(9)10-6-7;1-2/h7-11,19H,2-6,12-13H2,1H3;4-6H,2-3H2,1H3;2H,1H3. The van der Waals surface area contributed by atoms with Gasteiger partial charge in [-0.05, 0) is 43.1 Å². The highest BCUT2D eigenvalue weighted by atomic mass is 35.5. The minimum atomic E-state index is -0.246. The number of hydrogen-bond donors (Lipinski definition) is 2. The van der Waals surface area contributed by atoms with Crippen LogP contribution in [0.1, 0.15) is 63.6 Å². The lowest BCUT2D eigenvalue weighted by molar-refractivity contribution is 0.399. The summed E-state index contributed by atoms with van der Waals surface area (Å²) in [6, 6.07) is 12.8. The molecule has 0 radical (unpaired) electrons. The highest BCUT2D eigenvalue weighted by Gasteiger charge is 2.03. The Morgan fingerprint density at radius 3 is 2.41 bits per heavy atom. The largest absolute Gasteiger partial charge is 0.400 e. The van der Waals surface area contributed by atoms with Gasteiger partial charge < -0.3 is 10.4 Å². The smallest absolute Gasteiger partial charge is 0.149 e. The highest BCUT2D eigenvalue weighted by Crippen LogP contribution is 2.15. The van der Waals surface area contributed by atoms with Crippen LogP contribution >= 0.6 is 11.6 Å². The molecule has 32 heavy (non-hydrogen) atoms. The Bertz CT molecular complexity index is 875. The molecule has 0 unspecified atom stereocenters. The van der Waals surface area contributed by atoms with Gasteiger partial charge in [0.25, 0.3) is 0 Å². The zero-order valence-electron chi connectivity index (χ0n) is 19.6. The van der Waals surface area contributed by atoms with Crippen LogP contribution in [0, 0.1) is 5.82 Å². The van der Waals surface area contributed by atoms with E-state index in [1.54, 1.807) is 6.07 Å². The number of fused-ring (bicyclic) bond motifs is 1. The van der Waals surface area contributed by atoms with Gasteiger partial charge in [0.2, 0.25) is 0 Å². The van der Waals surface area contributed by atoms with Crippen molar-refractivity contribution in [3.63, 3.8) is 0 Å². The molecule has 0 bridgehead atoms. The van der Waals surface area contributed by atoms with Gasteiger partial charge in [0.05, 0.1) is 5.69 Å². The van der Waals surface area contributed by atoms with Crippen LogP contribution in [0.4, 0.5) is 4.39 Å². The van der Waals surface area contributed by atoms with Crippen molar-refractivity contribution in [2.45, 2.75) is 65.3 Å². The molecular weight excluding hydrogens is 425 g/mol. The number of unbranched alkanes of at least 4 members (excludes halogenated alkanes) is 4. The number of aliphatic hydroxyl groups is 1. The summed E-state index contributed by atoms with van der Waals surface area (Å²) in [6.45, 7) is 6.08. The molecular formula is C26H37ClFN3O. The Kier molecular flexibility index (Phi) is 15.3. The topological polar surface area (TPSA) is 58.0 Å². The first-order valence-electron chi connectivity index (χ1n) is 11.4. The van der Waals surface area contributed by atoms with Gasteiger partial charge in [0, 0.05) is 25.2 Å². The van der Waals surface area contributed by atoms with Crippen LogP contribution in [0.2, 0.25) is 5.15 Å². The first-order valence-corrected chi connectivity index (χ1v) is 11.8. The molecule has 0 atom stereocenters. The van der Waals surface area contributed by atoms with E-state index in [1.165, 1.54) is 43.7 Å². The van der Waals surface area contributed by atoms with Crippen molar-refractivity contribution in [2.24, 2.45) is 0 Å². The molecule has 0 saturated heterocycles. The molecule has 4 nitrogen and oxygen atoms in total. The average molecular weight is 462 g/mol. The van der Waals surface area contributed by atoms with E-state index in [1.807, 2.05) is 36.5 Å². The summed E-state index contributed by atoms with van der Waals surface area (Å²) in [7, 11) is 1.00. The number of nitrogens with one attached hydrogen (secondary N) is 1. The molecule has 2 heterocycles. The van der Waals surface area contributed by atoms with Crippen LogP contribution < -0.4 is 5.32 Å². The van der Waals surface area contributed by atoms with Gasteiger partial charge in [-0.25, -0.2) is 14.4 Å². The van der Waals surface area contributed by atoms with Gasteiger partial charge in [-0.1, -0.05) is 81.8 Å². The molecule has 3 aromatic rings. The van der Waals surface area contributed by atoms with Gasteiger partial charge in [-0.2, -0.15) is 0 Å². The first kappa shape index (κ1) is 28.0. The molecule has 0 aliphatic carbocycles. The molecule has 0 saturated carbocycles. The second-order valence-corrected chi connectivity index (χ2v) is 7.83. The lowest BCUT2D eigenvalue weighted by atomic mass is 10.1. The molecule has 1 aromatic carbocycles. The number of nitrogens with zero attached hydrogens (tertiary/aromatic N) is 2. The average Bonchev–Trinajstić information content (AvgIpc) is 2.82. The molecule has 0 spiro atoms. The van der Waals surface area contributed by atoms with E-state index >= 15 is 0 Å². The molecule has 0 fully saturated rings. The van der Waals surface area contributed by atoms with E-state index in [2.05, 4.69) is 29.1 Å². The first-order chi connectivity index (χ1) is 15.6. The number of aryl methyl sites for hydroxylation is 1. The van der Waals surface area contributed by atoms with Crippen LogP contribution in [-0.4, -0.2) is 28.7 Å². The van der Waals surface area contributed by atoms with Crippen molar-refractivity contribution < 1.29 is 9.50 Å². The predicted octanol–water partition coefficient (Wildman–Crippen LogP) is 6.73. The third-order valence-corrected chi connectivity index (χ3v) is 5.04. The van der Waals surface area contributed by atoms with Crippen molar-refractivity contribution >= 4 is 22.5 Å². The predicted molar refractivity (Wildman–Crippen MR) is 134 cm³/mol. The molecule has 6 heteroatoms. The van der Waals surface area contributed by atoms with E-state index in [-0.39, 0.29) is 5.82 Å². The Morgan fingerprint density at radius 1 is 0.938 bits per heavy atom. The van der Waals surface area contributed by atoms with Crippen molar-refractivity contribution in [2.75, 3.05) is 13.7 Å². The zero-order valence-corrected chi connectivity index (χ0v) is 20.3. The quantitative estimate of drug-likeness (QED) is 0.259. The normalized spacial score (nSPS) is 10.2. The SMILES string of the molecule is CCCCCCCNCc1ccc2cccc(F)c2n1.CCCc1ccc(Cl)nc1.CO. The van der Waals surface area contributed by atoms with Crippen molar-refractivity contribution in [1.29, 1.82) is 0 Å². The second kappa shape index (κ2) is 17.5. The maximum absolute atomic E-state index is 13.6. The lowest BCUT2D eigenvalue weighted by Crippen LogP contribution is -2.15. The molecule has 0 amide bonds. The van der Waals surface area contributed by atoms with Crippen LogP contribution in [0.3, 0.4) is 0 Å². The minimum Gasteiger partial charge on any atom is -0.400 e. The molecule has 2 N–H and O–H groups in total.